The van der Waals surface area contributed by atoms with Gasteiger partial charge in [-0.05, 0) is 37.6 Å². The Hall–Kier alpha value is -3.36. The van der Waals surface area contributed by atoms with Gasteiger partial charge in [0.15, 0.2) is 0 Å². The smallest absolute Gasteiger partial charge is 0.339 e. The Bertz CT molecular complexity index is 1310. The van der Waals surface area contributed by atoms with E-state index >= 15 is 0 Å². The van der Waals surface area contributed by atoms with Gasteiger partial charge in [-0.2, -0.15) is 0 Å². The minimum atomic E-state index is -1.12. The molecule has 0 aliphatic heterocycles. The lowest BCUT2D eigenvalue weighted by molar-refractivity contribution is 0.0693. The average molecular weight is 470 g/mol. The van der Waals surface area contributed by atoms with E-state index in [1.165, 1.54) is 19.5 Å². The van der Waals surface area contributed by atoms with Crippen LogP contribution in [-0.2, 0) is 0 Å². The Kier molecular flexibility index (Phi) is 6.16. The number of thiophene rings is 1. The lowest BCUT2D eigenvalue weighted by Crippen LogP contribution is -2.03. The molecule has 4 aromatic rings. The molecule has 2 aromatic heterocycles. The number of hydrogen-bond acceptors (Lipinski definition) is 7. The van der Waals surface area contributed by atoms with Crippen molar-refractivity contribution in [1.82, 2.24) is 9.97 Å². The number of carboxylic acid groups (broad SMARTS) is 1. The van der Waals surface area contributed by atoms with Crippen LogP contribution in [0.15, 0.2) is 42.7 Å². The molecule has 0 unspecified atom stereocenters. The molecule has 2 aromatic carbocycles. The molecule has 2 heterocycles. The highest BCUT2D eigenvalue weighted by molar-refractivity contribution is 7.19. The predicted octanol–water partition coefficient (Wildman–Crippen LogP) is 6.17. The van der Waals surface area contributed by atoms with Gasteiger partial charge in [-0.3, -0.25) is 0 Å². The number of rotatable bonds is 7. The number of fused-ring (bicyclic) bond motifs is 1. The van der Waals surface area contributed by atoms with Crippen LogP contribution in [0.25, 0.3) is 21.3 Å². The largest absolute Gasteiger partial charge is 0.496 e. The molecule has 32 heavy (non-hydrogen) atoms. The number of benzene rings is 2. The minimum absolute atomic E-state index is 0.0164. The highest BCUT2D eigenvalue weighted by Gasteiger charge is 2.19. The topological polar surface area (TPSA) is 93.6 Å². The molecule has 4 rings (SSSR count). The number of nitrogens with one attached hydrogen (secondary N) is 1. The summed E-state index contributed by atoms with van der Waals surface area (Å²) in [6.45, 7) is 4.59. The zero-order valence-electron chi connectivity index (χ0n) is 17.6. The van der Waals surface area contributed by atoms with Crippen molar-refractivity contribution in [2.45, 2.75) is 13.8 Å². The van der Waals surface area contributed by atoms with E-state index in [1.54, 1.807) is 17.4 Å². The molecule has 0 saturated carbocycles. The second-order valence-electron chi connectivity index (χ2n) is 6.86. The summed E-state index contributed by atoms with van der Waals surface area (Å²) in [5.41, 5.74) is 2.49. The van der Waals surface area contributed by atoms with Gasteiger partial charge in [-0.1, -0.05) is 23.7 Å². The number of nitrogens with zero attached hydrogens (tertiary/aromatic N) is 2. The number of anilines is 2. The molecule has 9 heteroatoms. The van der Waals surface area contributed by atoms with Crippen LogP contribution in [0.4, 0.5) is 11.5 Å². The Morgan fingerprint density at radius 1 is 1.22 bits per heavy atom. The summed E-state index contributed by atoms with van der Waals surface area (Å²) >= 11 is 7.95. The van der Waals surface area contributed by atoms with E-state index in [4.69, 9.17) is 21.1 Å². The van der Waals surface area contributed by atoms with Gasteiger partial charge in [0.05, 0.1) is 29.8 Å². The molecule has 0 fully saturated rings. The van der Waals surface area contributed by atoms with Gasteiger partial charge in [0, 0.05) is 16.5 Å². The van der Waals surface area contributed by atoms with Gasteiger partial charge < -0.3 is 19.9 Å². The first-order valence-corrected chi connectivity index (χ1v) is 11.0. The number of halogens is 1. The normalized spacial score (nSPS) is 10.9. The molecular formula is C23H20ClN3O4S. The number of aromatic nitrogens is 2. The lowest BCUT2D eigenvalue weighted by atomic mass is 10.0. The van der Waals surface area contributed by atoms with Crippen molar-refractivity contribution >= 4 is 50.6 Å². The minimum Gasteiger partial charge on any atom is -0.496 e. The van der Waals surface area contributed by atoms with Gasteiger partial charge in [-0.15, -0.1) is 11.3 Å². The summed E-state index contributed by atoms with van der Waals surface area (Å²) in [6, 6.07) is 10.8. The summed E-state index contributed by atoms with van der Waals surface area (Å²) in [4.78, 5) is 22.3. The third-order valence-corrected chi connectivity index (χ3v) is 6.22. The Morgan fingerprint density at radius 2 is 1.97 bits per heavy atom. The van der Waals surface area contributed by atoms with Crippen LogP contribution < -0.4 is 14.8 Å². The summed E-state index contributed by atoms with van der Waals surface area (Å²) in [5.74, 6) is 0.449. The van der Waals surface area contributed by atoms with E-state index in [2.05, 4.69) is 15.3 Å². The van der Waals surface area contributed by atoms with Gasteiger partial charge >= 0.3 is 5.97 Å². The van der Waals surface area contributed by atoms with Crippen molar-refractivity contribution < 1.29 is 19.4 Å². The molecule has 0 atom stereocenters. The summed E-state index contributed by atoms with van der Waals surface area (Å²) in [7, 11) is 1.41. The summed E-state index contributed by atoms with van der Waals surface area (Å²) < 4.78 is 10.8. The highest BCUT2D eigenvalue weighted by Crippen LogP contribution is 2.42. The van der Waals surface area contributed by atoms with E-state index < -0.39 is 5.97 Å². The maximum Gasteiger partial charge on any atom is 0.339 e. The quantitative estimate of drug-likeness (QED) is 0.334. The number of ether oxygens (including phenoxy) is 2. The first kappa shape index (κ1) is 21.9. The molecule has 7 nitrogen and oxygen atoms in total. The van der Waals surface area contributed by atoms with Gasteiger partial charge in [0.25, 0.3) is 0 Å². The van der Waals surface area contributed by atoms with E-state index in [1.807, 2.05) is 38.1 Å². The Balaban J connectivity index is 1.82. The molecule has 0 saturated heterocycles. The summed E-state index contributed by atoms with van der Waals surface area (Å²) in [5, 5.41) is 13.7. The van der Waals surface area contributed by atoms with E-state index in [0.29, 0.717) is 18.1 Å². The maximum atomic E-state index is 11.5. The van der Waals surface area contributed by atoms with Crippen molar-refractivity contribution in [3.63, 3.8) is 0 Å². The van der Waals surface area contributed by atoms with Gasteiger partial charge in [-0.25, -0.2) is 14.8 Å². The number of aryl methyl sites for hydroxylation is 1. The highest BCUT2D eigenvalue weighted by atomic mass is 35.5. The molecular weight excluding hydrogens is 450 g/mol. The predicted molar refractivity (Wildman–Crippen MR) is 127 cm³/mol. The third kappa shape index (κ3) is 4.06. The fourth-order valence-electron chi connectivity index (χ4n) is 3.48. The van der Waals surface area contributed by atoms with Crippen LogP contribution in [-0.4, -0.2) is 34.8 Å². The third-order valence-electron chi connectivity index (χ3n) is 4.89. The van der Waals surface area contributed by atoms with E-state index in [-0.39, 0.29) is 16.3 Å². The number of hydrogen-bond donors (Lipinski definition) is 2. The fraction of sp³-hybridized carbons (Fsp3) is 0.174. The zero-order valence-corrected chi connectivity index (χ0v) is 19.2. The van der Waals surface area contributed by atoms with Crippen LogP contribution in [0.5, 0.6) is 11.5 Å². The molecule has 2 N–H and O–H groups in total. The van der Waals surface area contributed by atoms with Crippen molar-refractivity contribution in [1.29, 1.82) is 0 Å². The van der Waals surface area contributed by atoms with E-state index in [9.17, 15) is 9.90 Å². The summed E-state index contributed by atoms with van der Waals surface area (Å²) in [6.07, 6.45) is 1.49. The molecule has 0 bridgehead atoms. The molecule has 0 radical (unpaired) electrons. The number of aromatic carboxylic acids is 1. The molecule has 164 valence electrons. The van der Waals surface area contributed by atoms with E-state index in [0.717, 1.165) is 32.0 Å². The van der Waals surface area contributed by atoms with Crippen molar-refractivity contribution in [3.05, 3.63) is 58.2 Å². The standard InChI is InChI=1S/C23H20ClN3O4S/c1-4-31-14-7-5-13(6-8-14)19-12(2)32-22-20(19)21(25-11-26-22)27-17-10-18(30-3)15(23(28)29)9-16(17)24/h5-11H,4H2,1-3H3,(H,28,29)(H,25,26,27). The van der Waals surface area contributed by atoms with Crippen LogP contribution in [0.1, 0.15) is 22.2 Å². The first-order chi connectivity index (χ1) is 15.4. The number of methoxy groups -OCH3 is 1. The SMILES string of the molecule is CCOc1ccc(-c2c(C)sc3ncnc(Nc4cc(OC)c(C(=O)O)cc4Cl)c23)cc1. The molecule has 0 aliphatic carbocycles. The fourth-order valence-corrected chi connectivity index (χ4v) is 4.71. The molecule has 0 spiro atoms. The van der Waals surface area contributed by atoms with Crippen LogP contribution in [0, 0.1) is 6.92 Å². The Morgan fingerprint density at radius 3 is 2.62 bits per heavy atom. The molecule has 0 aliphatic rings. The zero-order chi connectivity index (χ0) is 22.8. The van der Waals surface area contributed by atoms with Crippen molar-refractivity contribution in [3.8, 4) is 22.6 Å². The lowest BCUT2D eigenvalue weighted by Gasteiger charge is -2.13. The second kappa shape index (κ2) is 9.02. The monoisotopic (exact) mass is 469 g/mol. The number of carboxylic acids is 1. The van der Waals surface area contributed by atoms with Crippen LogP contribution in [0.2, 0.25) is 5.02 Å². The van der Waals surface area contributed by atoms with Crippen LogP contribution in [0.3, 0.4) is 0 Å². The first-order valence-electron chi connectivity index (χ1n) is 9.78. The maximum absolute atomic E-state index is 11.5. The van der Waals surface area contributed by atoms with Crippen molar-refractivity contribution in [2.75, 3.05) is 19.0 Å². The van der Waals surface area contributed by atoms with Crippen LogP contribution >= 0.6 is 22.9 Å². The van der Waals surface area contributed by atoms with Gasteiger partial charge in [0.1, 0.15) is 34.0 Å². The second-order valence-corrected chi connectivity index (χ2v) is 8.47. The number of carbonyl (C=O) groups is 1. The average Bonchev–Trinajstić information content (AvgIpc) is 3.12. The Labute approximate surface area is 193 Å². The van der Waals surface area contributed by atoms with Gasteiger partial charge in [0.2, 0.25) is 0 Å². The molecule has 0 amide bonds. The van der Waals surface area contributed by atoms with Crippen molar-refractivity contribution in [2.24, 2.45) is 0 Å².